The molecule has 1 aliphatic heterocycles. The van der Waals surface area contributed by atoms with Gasteiger partial charge >= 0.3 is 0 Å². The van der Waals surface area contributed by atoms with Crippen LogP contribution in [0.4, 0.5) is 5.95 Å². The van der Waals surface area contributed by atoms with E-state index in [0.29, 0.717) is 12.1 Å². The molecule has 0 saturated heterocycles. The van der Waals surface area contributed by atoms with Crippen LogP contribution in [0, 0.1) is 0 Å². The molecule has 4 rings (SSSR count). The number of rotatable bonds is 4. The second kappa shape index (κ2) is 7.03. The molecule has 0 aliphatic carbocycles. The summed E-state index contributed by atoms with van der Waals surface area (Å²) < 4.78 is 5.93. The average molecular weight is 361 g/mol. The summed E-state index contributed by atoms with van der Waals surface area (Å²) >= 11 is 0. The van der Waals surface area contributed by atoms with Gasteiger partial charge in [-0.05, 0) is 17.7 Å². The Morgan fingerprint density at radius 2 is 1.96 bits per heavy atom. The van der Waals surface area contributed by atoms with Crippen molar-refractivity contribution >= 4 is 11.9 Å². The molecule has 0 saturated carbocycles. The van der Waals surface area contributed by atoms with Crippen LogP contribution in [-0.2, 0) is 6.42 Å². The van der Waals surface area contributed by atoms with Gasteiger partial charge in [-0.15, -0.1) is 0 Å². The number of para-hydroxylation sites is 1. The quantitative estimate of drug-likeness (QED) is 0.765. The van der Waals surface area contributed by atoms with Gasteiger partial charge in [0, 0.05) is 49.4 Å². The summed E-state index contributed by atoms with van der Waals surface area (Å²) in [4.78, 5) is 26.6. The molecule has 0 unspecified atom stereocenters. The van der Waals surface area contributed by atoms with Crippen molar-refractivity contribution in [3.63, 3.8) is 0 Å². The lowest BCUT2D eigenvalue weighted by Gasteiger charge is -2.21. The Balaban J connectivity index is 1.46. The van der Waals surface area contributed by atoms with Gasteiger partial charge in [-0.3, -0.25) is 9.78 Å². The maximum atomic E-state index is 12.8. The van der Waals surface area contributed by atoms with E-state index >= 15 is 0 Å². The van der Waals surface area contributed by atoms with Crippen LogP contribution in [-0.4, -0.2) is 45.5 Å². The second-order valence-corrected chi connectivity index (χ2v) is 6.53. The zero-order valence-electron chi connectivity index (χ0n) is 14.9. The van der Waals surface area contributed by atoms with Crippen molar-refractivity contribution in [1.29, 1.82) is 0 Å². The maximum Gasteiger partial charge on any atom is 0.255 e. The molecular weight excluding hydrogens is 342 g/mol. The fourth-order valence-electron chi connectivity index (χ4n) is 3.17. The molecular formula is C20H19N5O2. The first-order valence-corrected chi connectivity index (χ1v) is 8.63. The Labute approximate surface area is 156 Å². The zero-order valence-corrected chi connectivity index (χ0v) is 14.9. The number of fused-ring (bicyclic) bond motifs is 1. The van der Waals surface area contributed by atoms with Crippen molar-refractivity contribution in [2.45, 2.75) is 12.5 Å². The smallest absolute Gasteiger partial charge is 0.255 e. The van der Waals surface area contributed by atoms with E-state index in [4.69, 9.17) is 10.5 Å². The van der Waals surface area contributed by atoms with Gasteiger partial charge in [-0.2, -0.15) is 0 Å². The molecule has 1 amide bonds. The number of nitrogen functional groups attached to an aromatic ring is 1. The maximum absolute atomic E-state index is 12.8. The summed E-state index contributed by atoms with van der Waals surface area (Å²) in [6.07, 6.45) is 7.21. The van der Waals surface area contributed by atoms with Gasteiger partial charge in [0.25, 0.3) is 5.91 Å². The molecule has 27 heavy (non-hydrogen) atoms. The van der Waals surface area contributed by atoms with E-state index in [-0.39, 0.29) is 18.0 Å². The van der Waals surface area contributed by atoms with Crippen molar-refractivity contribution in [1.82, 2.24) is 19.9 Å². The molecule has 1 aromatic carbocycles. The van der Waals surface area contributed by atoms with Crippen LogP contribution in [0.3, 0.4) is 0 Å². The third-order valence-corrected chi connectivity index (χ3v) is 4.53. The first kappa shape index (κ1) is 17.0. The predicted molar refractivity (Wildman–Crippen MR) is 101 cm³/mol. The summed E-state index contributed by atoms with van der Waals surface area (Å²) in [5.41, 5.74) is 8.72. The monoisotopic (exact) mass is 361 g/mol. The van der Waals surface area contributed by atoms with Crippen LogP contribution in [0.25, 0.3) is 11.1 Å². The highest BCUT2D eigenvalue weighted by Gasteiger charge is 2.25. The SMILES string of the molecule is CN(C[C@H]1Cc2ccccc2O1)C(=O)c1cncc(-c2cnc(N)nc2)c1. The number of benzene rings is 1. The Hall–Kier alpha value is -3.48. The molecule has 0 bridgehead atoms. The molecule has 0 radical (unpaired) electrons. The third kappa shape index (κ3) is 3.57. The Morgan fingerprint density at radius 1 is 1.19 bits per heavy atom. The first-order chi connectivity index (χ1) is 13.1. The van der Waals surface area contributed by atoms with E-state index in [0.717, 1.165) is 23.3 Å². The standard InChI is InChI=1S/C20H19N5O2/c1-25(12-17-7-13-4-2-3-5-18(13)27-17)19(26)15-6-14(8-22-9-15)16-10-23-20(21)24-11-16/h2-6,8-11,17H,7,12H2,1H3,(H2,21,23,24)/t17-/m1/s1. The van der Waals surface area contributed by atoms with Crippen LogP contribution < -0.4 is 10.5 Å². The van der Waals surface area contributed by atoms with E-state index < -0.39 is 0 Å². The number of hydrogen-bond acceptors (Lipinski definition) is 6. The highest BCUT2D eigenvalue weighted by atomic mass is 16.5. The summed E-state index contributed by atoms with van der Waals surface area (Å²) in [7, 11) is 1.77. The van der Waals surface area contributed by atoms with Crippen LogP contribution in [0.2, 0.25) is 0 Å². The van der Waals surface area contributed by atoms with Crippen LogP contribution in [0.1, 0.15) is 15.9 Å². The van der Waals surface area contributed by atoms with Crippen LogP contribution in [0.5, 0.6) is 5.75 Å². The third-order valence-electron chi connectivity index (χ3n) is 4.53. The van der Waals surface area contributed by atoms with Crippen molar-refractivity contribution in [3.05, 3.63) is 66.2 Å². The highest BCUT2D eigenvalue weighted by molar-refractivity contribution is 5.94. The lowest BCUT2D eigenvalue weighted by molar-refractivity contribution is 0.0730. The number of ether oxygens (including phenoxy) is 1. The van der Waals surface area contributed by atoms with Crippen LogP contribution >= 0.6 is 0 Å². The van der Waals surface area contributed by atoms with E-state index in [1.807, 2.05) is 18.2 Å². The molecule has 1 aliphatic rings. The number of hydrogen-bond donors (Lipinski definition) is 1. The molecule has 1 atom stereocenters. The molecule has 0 spiro atoms. The number of amides is 1. The average Bonchev–Trinajstić information content (AvgIpc) is 3.10. The topological polar surface area (TPSA) is 94.2 Å². The van der Waals surface area contributed by atoms with Gasteiger partial charge in [-0.25, -0.2) is 9.97 Å². The number of aromatic nitrogens is 3. The molecule has 2 N–H and O–H groups in total. The van der Waals surface area contributed by atoms with Crippen molar-refractivity contribution < 1.29 is 9.53 Å². The lowest BCUT2D eigenvalue weighted by atomic mass is 10.1. The number of likely N-dealkylation sites (N-methyl/N-ethyl adjacent to an activating group) is 1. The molecule has 136 valence electrons. The Kier molecular flexibility index (Phi) is 4.42. The van der Waals surface area contributed by atoms with Gasteiger partial charge in [0.05, 0.1) is 12.1 Å². The fraction of sp³-hybridized carbons (Fsp3) is 0.200. The lowest BCUT2D eigenvalue weighted by Crippen LogP contribution is -2.36. The number of anilines is 1. The van der Waals surface area contributed by atoms with E-state index in [2.05, 4.69) is 21.0 Å². The molecule has 7 nitrogen and oxygen atoms in total. The fourth-order valence-corrected chi connectivity index (χ4v) is 3.17. The largest absolute Gasteiger partial charge is 0.488 e. The van der Waals surface area contributed by atoms with E-state index in [1.54, 1.807) is 42.8 Å². The summed E-state index contributed by atoms with van der Waals surface area (Å²) in [6.45, 7) is 0.503. The number of nitrogens with zero attached hydrogens (tertiary/aromatic N) is 4. The van der Waals surface area contributed by atoms with E-state index in [1.165, 1.54) is 5.56 Å². The van der Waals surface area contributed by atoms with Gasteiger partial charge < -0.3 is 15.4 Å². The van der Waals surface area contributed by atoms with Crippen LogP contribution in [0.15, 0.2) is 55.1 Å². The van der Waals surface area contributed by atoms with Gasteiger partial charge in [0.1, 0.15) is 11.9 Å². The van der Waals surface area contributed by atoms with Crippen molar-refractivity contribution in [3.8, 4) is 16.9 Å². The summed E-state index contributed by atoms with van der Waals surface area (Å²) in [5.74, 6) is 0.992. The molecule has 3 aromatic rings. The molecule has 0 fully saturated rings. The zero-order chi connectivity index (χ0) is 18.8. The Morgan fingerprint density at radius 3 is 2.74 bits per heavy atom. The number of pyridine rings is 1. The minimum absolute atomic E-state index is 0.0435. The van der Waals surface area contributed by atoms with E-state index in [9.17, 15) is 4.79 Å². The number of carbonyl (C=O) groups is 1. The first-order valence-electron chi connectivity index (χ1n) is 8.63. The molecule has 2 aromatic heterocycles. The highest BCUT2D eigenvalue weighted by Crippen LogP contribution is 2.28. The Bertz CT molecular complexity index is 949. The van der Waals surface area contributed by atoms with Gasteiger partial charge in [0.15, 0.2) is 0 Å². The number of nitrogens with two attached hydrogens (primary N) is 1. The van der Waals surface area contributed by atoms with Crippen molar-refractivity contribution in [2.75, 3.05) is 19.3 Å². The summed E-state index contributed by atoms with van der Waals surface area (Å²) in [6, 6.07) is 9.75. The summed E-state index contributed by atoms with van der Waals surface area (Å²) in [5, 5.41) is 0. The number of carbonyl (C=O) groups excluding carboxylic acids is 1. The predicted octanol–water partition coefficient (Wildman–Crippen LogP) is 2.20. The van der Waals surface area contributed by atoms with Gasteiger partial charge in [-0.1, -0.05) is 18.2 Å². The second-order valence-electron chi connectivity index (χ2n) is 6.53. The normalized spacial score (nSPS) is 15.1. The molecule has 3 heterocycles. The van der Waals surface area contributed by atoms with Gasteiger partial charge in [0.2, 0.25) is 5.95 Å². The minimum Gasteiger partial charge on any atom is -0.488 e. The van der Waals surface area contributed by atoms with Crippen molar-refractivity contribution in [2.24, 2.45) is 0 Å². The minimum atomic E-state index is -0.111. The molecule has 7 heteroatoms.